The maximum absolute atomic E-state index is 12.0. The standard InChI is InChI=1S/C12H14N4O2/c17-12(16-3-5-18-6-4-16)14-10-2-1-9-8-13-15-11(9)7-10/h1-2,7-8H,3-6H2,(H,13,15)(H,14,17). The second-order valence-electron chi connectivity index (χ2n) is 4.20. The summed E-state index contributed by atoms with van der Waals surface area (Å²) in [5.41, 5.74) is 1.68. The van der Waals surface area contributed by atoms with Crippen LogP contribution in [0.4, 0.5) is 10.5 Å². The summed E-state index contributed by atoms with van der Waals surface area (Å²) in [6.07, 6.45) is 1.75. The first-order valence-corrected chi connectivity index (χ1v) is 5.90. The summed E-state index contributed by atoms with van der Waals surface area (Å²) < 4.78 is 5.21. The number of carbonyl (C=O) groups is 1. The second-order valence-corrected chi connectivity index (χ2v) is 4.20. The van der Waals surface area contributed by atoms with Gasteiger partial charge in [-0.1, -0.05) is 0 Å². The largest absolute Gasteiger partial charge is 0.378 e. The van der Waals surface area contributed by atoms with Crippen molar-refractivity contribution in [2.24, 2.45) is 0 Å². The van der Waals surface area contributed by atoms with Crippen LogP contribution in [0.25, 0.3) is 10.9 Å². The van der Waals surface area contributed by atoms with Crippen molar-refractivity contribution in [1.29, 1.82) is 0 Å². The Morgan fingerprint density at radius 3 is 3.06 bits per heavy atom. The molecule has 1 fully saturated rings. The van der Waals surface area contributed by atoms with Crippen LogP contribution < -0.4 is 5.32 Å². The Hall–Kier alpha value is -2.08. The number of anilines is 1. The topological polar surface area (TPSA) is 70.2 Å². The van der Waals surface area contributed by atoms with Gasteiger partial charge in [-0.15, -0.1) is 0 Å². The van der Waals surface area contributed by atoms with Crippen molar-refractivity contribution in [1.82, 2.24) is 15.1 Å². The third kappa shape index (κ3) is 2.14. The van der Waals surface area contributed by atoms with Crippen molar-refractivity contribution in [3.63, 3.8) is 0 Å². The lowest BCUT2D eigenvalue weighted by molar-refractivity contribution is 0.0564. The number of aromatic amines is 1. The van der Waals surface area contributed by atoms with Gasteiger partial charge in [0.1, 0.15) is 0 Å². The van der Waals surface area contributed by atoms with Crippen LogP contribution in [0.1, 0.15) is 0 Å². The fourth-order valence-electron chi connectivity index (χ4n) is 1.98. The van der Waals surface area contributed by atoms with Gasteiger partial charge < -0.3 is 15.0 Å². The zero-order chi connectivity index (χ0) is 12.4. The van der Waals surface area contributed by atoms with Gasteiger partial charge in [0.25, 0.3) is 0 Å². The van der Waals surface area contributed by atoms with Crippen LogP contribution >= 0.6 is 0 Å². The number of benzene rings is 1. The molecule has 1 aliphatic rings. The first-order chi connectivity index (χ1) is 8.83. The van der Waals surface area contributed by atoms with Crippen molar-refractivity contribution in [2.75, 3.05) is 31.6 Å². The Labute approximate surface area is 104 Å². The monoisotopic (exact) mass is 246 g/mol. The molecular formula is C12H14N4O2. The number of morpholine rings is 1. The van der Waals surface area contributed by atoms with E-state index in [1.165, 1.54) is 0 Å². The molecule has 0 unspecified atom stereocenters. The highest BCUT2D eigenvalue weighted by atomic mass is 16.5. The molecule has 1 saturated heterocycles. The molecule has 1 aliphatic heterocycles. The maximum atomic E-state index is 12.0. The van der Waals surface area contributed by atoms with E-state index in [-0.39, 0.29) is 6.03 Å². The molecule has 6 nitrogen and oxygen atoms in total. The van der Waals surface area contributed by atoms with Crippen molar-refractivity contribution in [3.8, 4) is 0 Å². The minimum atomic E-state index is -0.0860. The van der Waals surface area contributed by atoms with E-state index in [4.69, 9.17) is 4.74 Å². The van der Waals surface area contributed by atoms with Crippen LogP contribution in [0, 0.1) is 0 Å². The lowest BCUT2D eigenvalue weighted by Gasteiger charge is -2.26. The SMILES string of the molecule is O=C(Nc1ccc2cn[nH]c2c1)N1CCOCC1. The Kier molecular flexibility index (Phi) is 2.85. The number of aromatic nitrogens is 2. The number of carbonyl (C=O) groups excluding carboxylic acids is 1. The number of hydrogen-bond donors (Lipinski definition) is 2. The zero-order valence-corrected chi connectivity index (χ0v) is 9.85. The number of amides is 2. The molecule has 2 aromatic rings. The van der Waals surface area contributed by atoms with Crippen LogP contribution in [0.3, 0.4) is 0 Å². The zero-order valence-electron chi connectivity index (χ0n) is 9.85. The molecule has 6 heteroatoms. The summed E-state index contributed by atoms with van der Waals surface area (Å²) in [6.45, 7) is 2.48. The number of nitrogens with one attached hydrogen (secondary N) is 2. The van der Waals surface area contributed by atoms with Crippen molar-refractivity contribution < 1.29 is 9.53 Å². The average Bonchev–Trinajstić information content (AvgIpc) is 2.87. The van der Waals surface area contributed by atoms with Crippen molar-refractivity contribution in [2.45, 2.75) is 0 Å². The van der Waals surface area contributed by atoms with Gasteiger partial charge in [0.2, 0.25) is 0 Å². The number of fused-ring (bicyclic) bond motifs is 1. The molecule has 0 atom stereocenters. The van der Waals surface area contributed by atoms with E-state index in [1.807, 2.05) is 18.2 Å². The van der Waals surface area contributed by atoms with Gasteiger partial charge in [-0.3, -0.25) is 5.10 Å². The van der Waals surface area contributed by atoms with Crippen LogP contribution in [0.2, 0.25) is 0 Å². The van der Waals surface area contributed by atoms with Gasteiger partial charge >= 0.3 is 6.03 Å². The highest BCUT2D eigenvalue weighted by molar-refractivity contribution is 5.92. The molecule has 2 heterocycles. The smallest absolute Gasteiger partial charge is 0.322 e. The molecule has 1 aromatic carbocycles. The molecule has 18 heavy (non-hydrogen) atoms. The van der Waals surface area contributed by atoms with Crippen LogP contribution in [-0.4, -0.2) is 47.4 Å². The Bertz CT molecular complexity index is 560. The lowest BCUT2D eigenvalue weighted by Crippen LogP contribution is -2.43. The molecule has 0 spiro atoms. The van der Waals surface area contributed by atoms with E-state index in [9.17, 15) is 4.79 Å². The highest BCUT2D eigenvalue weighted by Crippen LogP contribution is 2.17. The minimum absolute atomic E-state index is 0.0860. The molecule has 2 amide bonds. The molecule has 0 saturated carbocycles. The Balaban J connectivity index is 1.72. The fraction of sp³-hybridized carbons (Fsp3) is 0.333. The summed E-state index contributed by atoms with van der Waals surface area (Å²) in [5, 5.41) is 10.7. The first-order valence-electron chi connectivity index (χ1n) is 5.90. The second kappa shape index (κ2) is 4.66. The van der Waals surface area contributed by atoms with Crippen LogP contribution in [0.15, 0.2) is 24.4 Å². The van der Waals surface area contributed by atoms with Crippen LogP contribution in [0.5, 0.6) is 0 Å². The summed E-state index contributed by atoms with van der Waals surface area (Å²) in [7, 11) is 0. The molecule has 0 bridgehead atoms. The number of ether oxygens (including phenoxy) is 1. The molecule has 3 rings (SSSR count). The van der Waals surface area contributed by atoms with E-state index in [0.717, 1.165) is 16.6 Å². The van der Waals surface area contributed by atoms with Gasteiger partial charge in [0.15, 0.2) is 0 Å². The van der Waals surface area contributed by atoms with E-state index in [2.05, 4.69) is 15.5 Å². The van der Waals surface area contributed by atoms with Crippen molar-refractivity contribution >= 4 is 22.6 Å². The fourth-order valence-corrected chi connectivity index (χ4v) is 1.98. The van der Waals surface area contributed by atoms with Crippen molar-refractivity contribution in [3.05, 3.63) is 24.4 Å². The number of rotatable bonds is 1. The first kappa shape index (κ1) is 11.0. The molecule has 0 aliphatic carbocycles. The quantitative estimate of drug-likeness (QED) is 0.799. The molecule has 1 aromatic heterocycles. The van der Waals surface area contributed by atoms with E-state index < -0.39 is 0 Å². The minimum Gasteiger partial charge on any atom is -0.378 e. The van der Waals surface area contributed by atoms with E-state index >= 15 is 0 Å². The van der Waals surface area contributed by atoms with Gasteiger partial charge in [0, 0.05) is 24.2 Å². The normalized spacial score (nSPS) is 15.9. The van der Waals surface area contributed by atoms with E-state index in [1.54, 1.807) is 11.1 Å². The average molecular weight is 246 g/mol. The number of urea groups is 1. The molecular weight excluding hydrogens is 232 g/mol. The Morgan fingerprint density at radius 2 is 2.22 bits per heavy atom. The highest BCUT2D eigenvalue weighted by Gasteiger charge is 2.16. The van der Waals surface area contributed by atoms with E-state index in [0.29, 0.717) is 26.3 Å². The summed E-state index contributed by atoms with van der Waals surface area (Å²) >= 11 is 0. The number of nitrogens with zero attached hydrogens (tertiary/aromatic N) is 2. The van der Waals surface area contributed by atoms with Gasteiger partial charge in [-0.05, 0) is 18.2 Å². The molecule has 2 N–H and O–H groups in total. The third-order valence-corrected chi connectivity index (χ3v) is 2.99. The Morgan fingerprint density at radius 1 is 1.39 bits per heavy atom. The van der Waals surface area contributed by atoms with Gasteiger partial charge in [-0.2, -0.15) is 5.10 Å². The molecule has 0 radical (unpaired) electrons. The lowest BCUT2D eigenvalue weighted by atomic mass is 10.2. The predicted molar refractivity (Wildman–Crippen MR) is 67.5 cm³/mol. The summed E-state index contributed by atoms with van der Waals surface area (Å²) in [5.74, 6) is 0. The summed E-state index contributed by atoms with van der Waals surface area (Å²) in [6, 6.07) is 5.59. The van der Waals surface area contributed by atoms with Gasteiger partial charge in [0.05, 0.1) is 24.9 Å². The summed E-state index contributed by atoms with van der Waals surface area (Å²) in [4.78, 5) is 13.7. The number of H-pyrrole nitrogens is 1. The molecule has 94 valence electrons. The predicted octanol–water partition coefficient (Wildman–Crippen LogP) is 1.43. The third-order valence-electron chi connectivity index (χ3n) is 2.99. The number of hydrogen-bond acceptors (Lipinski definition) is 3. The maximum Gasteiger partial charge on any atom is 0.322 e. The van der Waals surface area contributed by atoms with Gasteiger partial charge in [-0.25, -0.2) is 4.79 Å². The van der Waals surface area contributed by atoms with Crippen LogP contribution in [-0.2, 0) is 4.74 Å².